The summed E-state index contributed by atoms with van der Waals surface area (Å²) in [6.45, 7) is 0.221. The highest BCUT2D eigenvalue weighted by Gasteiger charge is 2.46. The summed E-state index contributed by atoms with van der Waals surface area (Å²) in [5.41, 5.74) is 1.75. The number of likely N-dealkylation sites (tertiary alicyclic amines) is 1. The first kappa shape index (κ1) is 17.2. The van der Waals surface area contributed by atoms with E-state index in [1.54, 1.807) is 36.4 Å². The first-order valence-electron chi connectivity index (χ1n) is 8.68. The molecule has 0 radical (unpaired) electrons. The van der Waals surface area contributed by atoms with Crippen molar-refractivity contribution in [1.82, 2.24) is 10.2 Å². The monoisotopic (exact) mass is 368 g/mol. The average molecular weight is 368 g/mol. The Bertz CT molecular complexity index is 912. The van der Waals surface area contributed by atoms with Gasteiger partial charge in [0.05, 0.1) is 5.56 Å². The Labute approximate surface area is 154 Å². The number of ether oxygens (including phenoxy) is 1. The minimum atomic E-state index is -0.884. The summed E-state index contributed by atoms with van der Waals surface area (Å²) in [5, 5.41) is 2.77. The highest BCUT2D eigenvalue weighted by Crippen LogP contribution is 2.38. The first-order valence-corrected chi connectivity index (χ1v) is 8.68. The quantitative estimate of drug-likeness (QED) is 0.841. The summed E-state index contributed by atoms with van der Waals surface area (Å²) >= 11 is 0. The number of esters is 1. The maximum atomic E-state index is 13.0. The fraction of sp³-hybridized carbons (Fsp3) is 0.250. The van der Waals surface area contributed by atoms with E-state index in [1.807, 2.05) is 0 Å². The Kier molecular flexibility index (Phi) is 4.35. The highest BCUT2D eigenvalue weighted by atomic mass is 19.1. The maximum absolute atomic E-state index is 13.0. The molecule has 0 bridgehead atoms. The van der Waals surface area contributed by atoms with Crippen molar-refractivity contribution in [2.75, 3.05) is 0 Å². The van der Waals surface area contributed by atoms with Crippen molar-refractivity contribution in [2.24, 2.45) is 0 Å². The third-order valence-corrected chi connectivity index (χ3v) is 4.86. The van der Waals surface area contributed by atoms with Gasteiger partial charge in [0.1, 0.15) is 11.9 Å². The molecular formula is C20H17FN2O4. The molecule has 2 aromatic carbocycles. The number of hydrogen-bond donors (Lipinski definition) is 1. The molecular weight excluding hydrogens is 351 g/mol. The molecule has 0 aromatic heterocycles. The van der Waals surface area contributed by atoms with Crippen LogP contribution in [0, 0.1) is 5.82 Å². The van der Waals surface area contributed by atoms with E-state index in [4.69, 9.17) is 4.74 Å². The van der Waals surface area contributed by atoms with Crippen molar-refractivity contribution in [3.8, 4) is 0 Å². The lowest BCUT2D eigenvalue weighted by atomic mass is 10.1. The normalized spacial score (nSPS) is 21.1. The molecule has 1 saturated heterocycles. The van der Waals surface area contributed by atoms with Crippen molar-refractivity contribution in [2.45, 2.75) is 31.7 Å². The highest BCUT2D eigenvalue weighted by molar-refractivity contribution is 5.96. The van der Waals surface area contributed by atoms with Crippen molar-refractivity contribution in [3.05, 3.63) is 71.0 Å². The van der Waals surface area contributed by atoms with Gasteiger partial charge in [-0.15, -0.1) is 0 Å². The van der Waals surface area contributed by atoms with E-state index in [9.17, 15) is 18.8 Å². The van der Waals surface area contributed by atoms with Gasteiger partial charge in [0.15, 0.2) is 0 Å². The molecule has 2 atom stereocenters. The molecule has 1 fully saturated rings. The Hall–Kier alpha value is -3.22. The lowest BCUT2D eigenvalue weighted by Crippen LogP contribution is -2.46. The van der Waals surface area contributed by atoms with Crippen LogP contribution < -0.4 is 5.32 Å². The summed E-state index contributed by atoms with van der Waals surface area (Å²) in [7, 11) is 0. The van der Waals surface area contributed by atoms with Gasteiger partial charge in [0.25, 0.3) is 0 Å². The van der Waals surface area contributed by atoms with Gasteiger partial charge in [-0.1, -0.05) is 30.3 Å². The number of benzene rings is 2. The Morgan fingerprint density at radius 1 is 1.15 bits per heavy atom. The Morgan fingerprint density at radius 2 is 1.89 bits per heavy atom. The lowest BCUT2D eigenvalue weighted by Gasteiger charge is -2.29. The van der Waals surface area contributed by atoms with Crippen LogP contribution in [-0.4, -0.2) is 28.7 Å². The van der Waals surface area contributed by atoms with Crippen molar-refractivity contribution < 1.29 is 23.5 Å². The van der Waals surface area contributed by atoms with E-state index in [-0.39, 0.29) is 30.6 Å². The predicted molar refractivity (Wildman–Crippen MR) is 92.7 cm³/mol. The van der Waals surface area contributed by atoms with Gasteiger partial charge in [-0.25, -0.2) is 9.18 Å². The summed E-state index contributed by atoms with van der Waals surface area (Å²) in [5.74, 6) is -1.41. The van der Waals surface area contributed by atoms with E-state index in [2.05, 4.69) is 5.32 Å². The zero-order valence-corrected chi connectivity index (χ0v) is 14.4. The second kappa shape index (κ2) is 6.83. The van der Waals surface area contributed by atoms with E-state index in [0.717, 1.165) is 5.56 Å². The number of amides is 2. The van der Waals surface area contributed by atoms with E-state index >= 15 is 0 Å². The largest absolute Gasteiger partial charge is 0.433 e. The fourth-order valence-electron chi connectivity index (χ4n) is 3.50. The van der Waals surface area contributed by atoms with Crippen LogP contribution in [0.4, 0.5) is 4.39 Å². The van der Waals surface area contributed by atoms with E-state index in [0.29, 0.717) is 17.5 Å². The third kappa shape index (κ3) is 3.16. The zero-order chi connectivity index (χ0) is 19.0. The fourth-order valence-corrected chi connectivity index (χ4v) is 3.50. The van der Waals surface area contributed by atoms with Crippen LogP contribution >= 0.6 is 0 Å². The van der Waals surface area contributed by atoms with Crippen LogP contribution in [0.5, 0.6) is 0 Å². The molecule has 7 heteroatoms. The standard InChI is InChI=1S/C20H17FN2O4/c21-13-7-5-12(6-8-13)11-22-18(25)16-9-10-17(24)23(16)19-14-3-1-2-4-15(14)20(26)27-19/h1-8,16,19H,9-11H2,(H,22,25)/t16-,19-/m0/s1. The maximum Gasteiger partial charge on any atom is 0.340 e. The molecule has 2 aromatic rings. The number of halogens is 1. The van der Waals surface area contributed by atoms with Crippen molar-refractivity contribution >= 4 is 17.8 Å². The van der Waals surface area contributed by atoms with Crippen LogP contribution in [-0.2, 0) is 20.9 Å². The number of cyclic esters (lactones) is 1. The summed E-state index contributed by atoms with van der Waals surface area (Å²) < 4.78 is 18.4. The SMILES string of the molecule is O=C1O[C@H](N2C(=O)CC[C@H]2C(=O)NCc2ccc(F)cc2)c2ccccc21. The molecule has 2 aliphatic rings. The molecule has 0 spiro atoms. The predicted octanol–water partition coefficient (Wildman–Crippen LogP) is 2.30. The van der Waals surface area contributed by atoms with Gasteiger partial charge in [-0.05, 0) is 30.2 Å². The van der Waals surface area contributed by atoms with E-state index in [1.165, 1.54) is 17.0 Å². The number of carbonyl (C=O) groups excluding carboxylic acids is 3. The molecule has 0 aliphatic carbocycles. The van der Waals surface area contributed by atoms with Crippen LogP contribution in [0.25, 0.3) is 0 Å². The molecule has 2 amide bonds. The van der Waals surface area contributed by atoms with Gasteiger partial charge in [0, 0.05) is 18.5 Å². The molecule has 4 rings (SSSR count). The van der Waals surface area contributed by atoms with Crippen LogP contribution in [0.1, 0.15) is 40.6 Å². The average Bonchev–Trinajstić information content (AvgIpc) is 3.21. The van der Waals surface area contributed by atoms with E-state index < -0.39 is 18.2 Å². The summed E-state index contributed by atoms with van der Waals surface area (Å²) in [6, 6.07) is 11.9. The minimum Gasteiger partial charge on any atom is -0.433 e. The lowest BCUT2D eigenvalue weighted by molar-refractivity contribution is -0.145. The summed E-state index contributed by atoms with van der Waals surface area (Å²) in [4.78, 5) is 38.5. The zero-order valence-electron chi connectivity index (χ0n) is 14.4. The van der Waals surface area contributed by atoms with Crippen LogP contribution in [0.15, 0.2) is 48.5 Å². The number of fused-ring (bicyclic) bond motifs is 1. The minimum absolute atomic E-state index is 0.213. The van der Waals surface area contributed by atoms with Gasteiger partial charge < -0.3 is 10.1 Å². The molecule has 6 nitrogen and oxygen atoms in total. The van der Waals surface area contributed by atoms with Crippen molar-refractivity contribution in [1.29, 1.82) is 0 Å². The van der Waals surface area contributed by atoms with Crippen LogP contribution in [0.3, 0.4) is 0 Å². The third-order valence-electron chi connectivity index (χ3n) is 4.86. The second-order valence-corrected chi connectivity index (χ2v) is 6.54. The topological polar surface area (TPSA) is 75.7 Å². The van der Waals surface area contributed by atoms with Gasteiger partial charge >= 0.3 is 5.97 Å². The number of rotatable bonds is 4. The van der Waals surface area contributed by atoms with Gasteiger partial charge in [-0.3, -0.25) is 14.5 Å². The number of carbonyl (C=O) groups is 3. The molecule has 27 heavy (non-hydrogen) atoms. The molecule has 0 unspecified atom stereocenters. The first-order chi connectivity index (χ1) is 13.0. The van der Waals surface area contributed by atoms with Gasteiger partial charge in [0.2, 0.25) is 18.0 Å². The molecule has 138 valence electrons. The molecule has 0 saturated carbocycles. The molecule has 2 aliphatic heterocycles. The second-order valence-electron chi connectivity index (χ2n) is 6.54. The summed E-state index contributed by atoms with van der Waals surface area (Å²) in [6.07, 6.45) is -0.319. The Balaban J connectivity index is 1.51. The molecule has 2 heterocycles. The number of hydrogen-bond acceptors (Lipinski definition) is 4. The smallest absolute Gasteiger partial charge is 0.340 e. The molecule has 1 N–H and O–H groups in total. The van der Waals surface area contributed by atoms with Crippen molar-refractivity contribution in [3.63, 3.8) is 0 Å². The van der Waals surface area contributed by atoms with Gasteiger partial charge in [-0.2, -0.15) is 0 Å². The number of nitrogens with one attached hydrogen (secondary N) is 1. The number of nitrogens with zero attached hydrogens (tertiary/aromatic N) is 1. The Morgan fingerprint density at radius 3 is 2.67 bits per heavy atom. The van der Waals surface area contributed by atoms with Crippen LogP contribution in [0.2, 0.25) is 0 Å².